The highest BCUT2D eigenvalue weighted by molar-refractivity contribution is 6.31. The van der Waals surface area contributed by atoms with E-state index in [1.54, 1.807) is 0 Å². The van der Waals surface area contributed by atoms with Crippen LogP contribution in [0.4, 0.5) is 11.6 Å². The summed E-state index contributed by atoms with van der Waals surface area (Å²) in [5.74, 6) is -0.729. The van der Waals surface area contributed by atoms with Gasteiger partial charge in [0.1, 0.15) is 12.4 Å². The number of nitrogens with one attached hydrogen (secondary N) is 3. The molecule has 0 unspecified atom stereocenters. The number of amides is 1. The predicted molar refractivity (Wildman–Crippen MR) is 138 cm³/mol. The molecule has 0 fully saturated rings. The van der Waals surface area contributed by atoms with Gasteiger partial charge in [-0.2, -0.15) is 0 Å². The molecular weight excluding hydrogens is 507 g/mol. The zero-order chi connectivity index (χ0) is 23.7. The Labute approximate surface area is 214 Å². The fourth-order valence-corrected chi connectivity index (χ4v) is 2.89. The van der Waals surface area contributed by atoms with Gasteiger partial charge in [-0.25, -0.2) is 9.97 Å². The number of ether oxygens (including phenoxy) is 1. The third-order valence-electron chi connectivity index (χ3n) is 4.35. The van der Waals surface area contributed by atoms with Crippen molar-refractivity contribution in [1.82, 2.24) is 20.2 Å². The van der Waals surface area contributed by atoms with Crippen molar-refractivity contribution in [3.63, 3.8) is 0 Å². The van der Waals surface area contributed by atoms with Gasteiger partial charge >= 0.3 is 0 Å². The van der Waals surface area contributed by atoms with Crippen molar-refractivity contribution in [3.8, 4) is 5.75 Å². The molecule has 0 aliphatic heterocycles. The molecule has 2 rings (SSSR count). The van der Waals surface area contributed by atoms with E-state index in [9.17, 15) is 4.79 Å². The highest BCUT2D eigenvalue weighted by Gasteiger charge is 2.23. The number of nitrogens with zero attached hydrogens (tertiary/aromatic N) is 3. The van der Waals surface area contributed by atoms with Gasteiger partial charge in [0.15, 0.2) is 34.4 Å². The largest absolute Gasteiger partial charge is 0.492 e. The Hall–Kier alpha value is -3.22. The minimum Gasteiger partial charge on any atom is -0.492 e. The maximum atomic E-state index is 12.7. The van der Waals surface area contributed by atoms with Crippen LogP contribution in [0.25, 0.3) is 0 Å². The first-order valence-corrected chi connectivity index (χ1v) is 10.1. The molecule has 34 heavy (non-hydrogen) atoms. The summed E-state index contributed by atoms with van der Waals surface area (Å²) in [6.07, 6.45) is 2.11. The summed E-state index contributed by atoms with van der Waals surface area (Å²) in [6, 6.07) is 7.63. The van der Waals surface area contributed by atoms with Gasteiger partial charge in [0.05, 0.1) is 6.54 Å². The standard InChI is InChI=1S/C19H27ClN10O2.2ClH/c20-14-16(22)29-15(21)13(28-14)17(31)30(19(25)26)9-2-1-3-11-4-6-12(7-5-11)32-10-8-27-18(23)24;;/h4-7H,1-3,8-10H2,(H3,25,26)(H4,21,22,29)(H4,23,24,27);2*1H. The number of hydrogen-bond donors (Lipinski definition) is 7. The van der Waals surface area contributed by atoms with Gasteiger partial charge in [-0.15, -0.1) is 24.8 Å². The predicted octanol–water partition coefficient (Wildman–Crippen LogP) is 1.36. The minimum absolute atomic E-state index is 0. The van der Waals surface area contributed by atoms with Crippen molar-refractivity contribution in [2.45, 2.75) is 19.3 Å². The van der Waals surface area contributed by atoms with Crippen LogP contribution in [0, 0.1) is 10.8 Å². The van der Waals surface area contributed by atoms with E-state index in [0.29, 0.717) is 25.3 Å². The normalized spacial score (nSPS) is 9.79. The van der Waals surface area contributed by atoms with E-state index in [-0.39, 0.29) is 59.8 Å². The average Bonchev–Trinajstić information content (AvgIpc) is 2.74. The number of aromatic nitrogens is 2. The van der Waals surface area contributed by atoms with E-state index < -0.39 is 11.9 Å². The Kier molecular flexibility index (Phi) is 13.4. The first-order valence-electron chi connectivity index (χ1n) is 9.73. The van der Waals surface area contributed by atoms with Crippen LogP contribution in [-0.4, -0.2) is 52.4 Å². The molecule has 1 aromatic heterocycles. The van der Waals surface area contributed by atoms with Crippen molar-refractivity contribution in [2.75, 3.05) is 31.2 Å². The van der Waals surface area contributed by atoms with Crippen LogP contribution >= 0.6 is 36.4 Å². The second-order valence-electron chi connectivity index (χ2n) is 6.77. The molecule has 11 N–H and O–H groups in total. The molecule has 0 saturated carbocycles. The molecule has 0 bridgehead atoms. The molecule has 1 aromatic carbocycles. The topological polar surface area (TPSA) is 219 Å². The lowest BCUT2D eigenvalue weighted by molar-refractivity contribution is 0.0838. The number of benzene rings is 1. The number of halogens is 3. The van der Waals surface area contributed by atoms with Gasteiger partial charge in [-0.05, 0) is 37.0 Å². The Morgan fingerprint density at radius 3 is 2.29 bits per heavy atom. The summed E-state index contributed by atoms with van der Waals surface area (Å²) in [6.45, 7) is 1.05. The molecule has 0 aliphatic rings. The molecule has 0 radical (unpaired) electrons. The molecule has 0 saturated heterocycles. The fraction of sp³-hybridized carbons (Fsp3) is 0.316. The van der Waals surface area contributed by atoms with E-state index in [4.69, 9.17) is 50.1 Å². The summed E-state index contributed by atoms with van der Waals surface area (Å²) in [7, 11) is 0. The maximum Gasteiger partial charge on any atom is 0.283 e. The summed E-state index contributed by atoms with van der Waals surface area (Å²) in [4.78, 5) is 21.4. The number of unbranched alkanes of at least 4 members (excludes halogenated alkanes) is 1. The SMILES string of the molecule is Cl.Cl.N=C(N)NCCOc1ccc(CCCCN(C(=N)N)C(=O)c2nc(Cl)c(N)nc2N)cc1. The quantitative estimate of drug-likeness (QED) is 0.132. The van der Waals surface area contributed by atoms with Crippen LogP contribution < -0.4 is 33.0 Å². The number of anilines is 2. The van der Waals surface area contributed by atoms with Crippen molar-refractivity contribution in [2.24, 2.45) is 11.5 Å². The summed E-state index contributed by atoms with van der Waals surface area (Å²) in [5, 5.41) is 17.3. The number of nitrogens with two attached hydrogens (primary N) is 4. The van der Waals surface area contributed by atoms with Crippen molar-refractivity contribution in [3.05, 3.63) is 40.7 Å². The van der Waals surface area contributed by atoms with Gasteiger partial charge in [-0.3, -0.25) is 20.5 Å². The first kappa shape index (κ1) is 30.8. The molecule has 1 amide bonds. The molecule has 0 aliphatic carbocycles. The Balaban J connectivity index is 0.00000544. The van der Waals surface area contributed by atoms with Crippen LogP contribution in [0.3, 0.4) is 0 Å². The molecule has 15 heteroatoms. The number of guanidine groups is 2. The van der Waals surface area contributed by atoms with Crippen molar-refractivity contribution < 1.29 is 9.53 Å². The van der Waals surface area contributed by atoms with E-state index in [1.165, 1.54) is 0 Å². The lowest BCUT2D eigenvalue weighted by Crippen LogP contribution is -2.42. The third-order valence-corrected chi connectivity index (χ3v) is 4.63. The zero-order valence-corrected chi connectivity index (χ0v) is 20.6. The number of carbonyl (C=O) groups excluding carboxylic acids is 1. The molecule has 188 valence electrons. The van der Waals surface area contributed by atoms with Gasteiger partial charge < -0.3 is 33.0 Å². The van der Waals surface area contributed by atoms with Crippen molar-refractivity contribution in [1.29, 1.82) is 10.8 Å². The lowest BCUT2D eigenvalue weighted by Gasteiger charge is -2.20. The minimum atomic E-state index is -0.662. The Morgan fingerprint density at radius 1 is 1.06 bits per heavy atom. The van der Waals surface area contributed by atoms with Crippen LogP contribution in [0.2, 0.25) is 5.15 Å². The first-order chi connectivity index (χ1) is 15.2. The number of nitrogen functional groups attached to an aromatic ring is 2. The number of rotatable bonds is 10. The Morgan fingerprint density at radius 2 is 1.71 bits per heavy atom. The average molecular weight is 536 g/mol. The third kappa shape index (κ3) is 9.33. The second kappa shape index (κ2) is 14.8. The molecule has 12 nitrogen and oxygen atoms in total. The number of carbonyl (C=O) groups is 1. The summed E-state index contributed by atoms with van der Waals surface area (Å²) in [5.41, 5.74) is 22.9. The van der Waals surface area contributed by atoms with E-state index in [0.717, 1.165) is 23.3 Å². The van der Waals surface area contributed by atoms with Crippen LogP contribution in [0.1, 0.15) is 28.9 Å². The van der Waals surface area contributed by atoms with Crippen molar-refractivity contribution >= 4 is 65.9 Å². The molecule has 2 aromatic rings. The smallest absolute Gasteiger partial charge is 0.283 e. The highest BCUT2D eigenvalue weighted by atomic mass is 35.5. The van der Waals surface area contributed by atoms with Crippen LogP contribution in [-0.2, 0) is 6.42 Å². The zero-order valence-electron chi connectivity index (χ0n) is 18.2. The molecule has 0 atom stereocenters. The summed E-state index contributed by atoms with van der Waals surface area (Å²) >= 11 is 5.83. The van der Waals surface area contributed by atoms with Gasteiger partial charge in [0.2, 0.25) is 0 Å². The number of aryl methyl sites for hydroxylation is 1. The van der Waals surface area contributed by atoms with Gasteiger partial charge in [-0.1, -0.05) is 23.7 Å². The second-order valence-corrected chi connectivity index (χ2v) is 7.12. The van der Waals surface area contributed by atoms with Gasteiger partial charge in [0.25, 0.3) is 5.91 Å². The van der Waals surface area contributed by atoms with E-state index in [1.807, 2.05) is 24.3 Å². The lowest BCUT2D eigenvalue weighted by atomic mass is 10.1. The molecule has 1 heterocycles. The fourth-order valence-electron chi connectivity index (χ4n) is 2.76. The molecule has 0 spiro atoms. The van der Waals surface area contributed by atoms with Gasteiger partial charge in [0, 0.05) is 6.54 Å². The van der Waals surface area contributed by atoms with E-state index >= 15 is 0 Å². The number of hydrogen-bond acceptors (Lipinski definition) is 8. The highest BCUT2D eigenvalue weighted by Crippen LogP contribution is 2.19. The summed E-state index contributed by atoms with van der Waals surface area (Å²) < 4.78 is 5.55. The monoisotopic (exact) mass is 534 g/mol. The molecular formula is C19H29Cl3N10O2. The van der Waals surface area contributed by atoms with Crippen LogP contribution in [0.15, 0.2) is 24.3 Å². The maximum absolute atomic E-state index is 12.7. The Bertz CT molecular complexity index is 976. The van der Waals surface area contributed by atoms with E-state index in [2.05, 4.69) is 15.3 Å². The van der Waals surface area contributed by atoms with Crippen LogP contribution in [0.5, 0.6) is 5.75 Å².